The number of hydrogen-bond donors (Lipinski definition) is 0. The second-order valence-electron chi connectivity index (χ2n) is 2.56. The van der Waals surface area contributed by atoms with Gasteiger partial charge < -0.3 is 0 Å². The molecule has 4 nitrogen and oxygen atoms in total. The molecule has 0 bridgehead atoms. The van der Waals surface area contributed by atoms with Crippen molar-refractivity contribution in [3.63, 3.8) is 0 Å². The van der Waals surface area contributed by atoms with E-state index in [-0.39, 0.29) is 5.75 Å². The summed E-state index contributed by atoms with van der Waals surface area (Å²) in [5.74, 6) is 0.0425. The molecule has 0 fully saturated rings. The first-order chi connectivity index (χ1) is 5.62. The van der Waals surface area contributed by atoms with Gasteiger partial charge in [0.05, 0.1) is 12.9 Å². The third kappa shape index (κ3) is 6.57. The van der Waals surface area contributed by atoms with Crippen molar-refractivity contribution in [2.75, 3.05) is 12.9 Å². The van der Waals surface area contributed by atoms with Crippen molar-refractivity contribution in [3.05, 3.63) is 0 Å². The molecule has 0 aromatic heterocycles. The summed E-state index contributed by atoms with van der Waals surface area (Å²) in [6.07, 6.45) is 3.70. The summed E-state index contributed by atoms with van der Waals surface area (Å²) < 4.78 is 25.8. The topological polar surface area (TPSA) is 52.6 Å². The predicted molar refractivity (Wildman–Crippen MR) is 46.0 cm³/mol. The van der Waals surface area contributed by atoms with Gasteiger partial charge in [-0.25, -0.2) is 4.89 Å². The molecule has 0 aliphatic rings. The molecule has 0 N–H and O–H groups in total. The average molecular weight is 196 g/mol. The maximum Gasteiger partial charge on any atom is 0.293 e. The highest BCUT2D eigenvalue weighted by Crippen LogP contribution is 2.03. The lowest BCUT2D eigenvalue weighted by Crippen LogP contribution is -2.09. The maximum atomic E-state index is 10.8. The fraction of sp³-hybridized carbons (Fsp3) is 1.00. The molecule has 0 spiro atoms. The van der Waals surface area contributed by atoms with Crippen molar-refractivity contribution in [3.8, 4) is 0 Å². The summed E-state index contributed by atoms with van der Waals surface area (Å²) in [5.41, 5.74) is 0. The van der Waals surface area contributed by atoms with E-state index >= 15 is 0 Å². The van der Waals surface area contributed by atoms with Gasteiger partial charge in [0.2, 0.25) is 0 Å². The summed E-state index contributed by atoms with van der Waals surface area (Å²) in [7, 11) is -2.25. The standard InChI is InChI=1S/C7H16O4S/c1-3-4-5-6-7-12(8,9)11-10-2/h3-7H2,1-2H3. The van der Waals surface area contributed by atoms with Crippen LogP contribution in [0.5, 0.6) is 0 Å². The number of rotatable bonds is 7. The van der Waals surface area contributed by atoms with E-state index in [1.807, 2.05) is 0 Å². The zero-order valence-electron chi connectivity index (χ0n) is 7.58. The van der Waals surface area contributed by atoms with E-state index in [0.29, 0.717) is 6.42 Å². The van der Waals surface area contributed by atoms with Crippen LogP contribution >= 0.6 is 0 Å². The average Bonchev–Trinajstić information content (AvgIpc) is 1.98. The molecule has 0 amide bonds. The van der Waals surface area contributed by atoms with E-state index in [1.54, 1.807) is 0 Å². The first-order valence-corrected chi connectivity index (χ1v) is 5.65. The fourth-order valence-electron chi connectivity index (χ4n) is 0.843. The number of unbranched alkanes of at least 4 members (excludes halogenated alkanes) is 3. The lowest BCUT2D eigenvalue weighted by molar-refractivity contribution is -0.172. The minimum atomic E-state index is -3.43. The van der Waals surface area contributed by atoms with Gasteiger partial charge in [-0.2, -0.15) is 8.42 Å². The Kier molecular flexibility index (Phi) is 6.32. The van der Waals surface area contributed by atoms with Crippen molar-refractivity contribution in [1.29, 1.82) is 0 Å². The van der Waals surface area contributed by atoms with Crippen molar-refractivity contribution < 1.29 is 17.6 Å². The Labute approximate surface area is 73.9 Å². The molecule has 0 atom stereocenters. The third-order valence-electron chi connectivity index (χ3n) is 1.42. The fourth-order valence-corrected chi connectivity index (χ4v) is 1.68. The number of hydrogen-bond acceptors (Lipinski definition) is 4. The highest BCUT2D eigenvalue weighted by Gasteiger charge is 2.10. The second-order valence-corrected chi connectivity index (χ2v) is 4.22. The van der Waals surface area contributed by atoms with E-state index in [1.165, 1.54) is 7.11 Å². The Balaban J connectivity index is 3.48. The predicted octanol–water partition coefficient (Wildman–Crippen LogP) is 1.47. The highest BCUT2D eigenvalue weighted by molar-refractivity contribution is 7.86. The Hall–Kier alpha value is -0.130. The van der Waals surface area contributed by atoms with Crippen LogP contribution in [-0.2, 0) is 19.3 Å². The molecule has 0 rings (SSSR count). The van der Waals surface area contributed by atoms with Crippen LogP contribution in [0, 0.1) is 0 Å². The van der Waals surface area contributed by atoms with Gasteiger partial charge in [0.1, 0.15) is 0 Å². The summed E-state index contributed by atoms with van der Waals surface area (Å²) >= 11 is 0. The molecule has 0 saturated heterocycles. The van der Waals surface area contributed by atoms with Crippen LogP contribution in [0.1, 0.15) is 32.6 Å². The Morgan fingerprint density at radius 3 is 2.33 bits per heavy atom. The Morgan fingerprint density at radius 1 is 1.17 bits per heavy atom. The normalized spacial score (nSPS) is 11.8. The van der Waals surface area contributed by atoms with E-state index in [2.05, 4.69) is 16.1 Å². The van der Waals surface area contributed by atoms with Crippen LogP contribution in [0.2, 0.25) is 0 Å². The second kappa shape index (κ2) is 6.39. The van der Waals surface area contributed by atoms with Crippen LogP contribution in [0.25, 0.3) is 0 Å². The minimum Gasteiger partial charge on any atom is -0.223 e. The smallest absolute Gasteiger partial charge is 0.223 e. The quantitative estimate of drug-likeness (QED) is 0.351. The minimum absolute atomic E-state index is 0.0425. The molecular weight excluding hydrogens is 180 g/mol. The van der Waals surface area contributed by atoms with Crippen molar-refractivity contribution in [1.82, 2.24) is 0 Å². The molecule has 12 heavy (non-hydrogen) atoms. The van der Waals surface area contributed by atoms with Crippen molar-refractivity contribution in [2.45, 2.75) is 32.6 Å². The van der Waals surface area contributed by atoms with E-state index < -0.39 is 10.1 Å². The van der Waals surface area contributed by atoms with Gasteiger partial charge in [-0.3, -0.25) is 0 Å². The lowest BCUT2D eigenvalue weighted by atomic mass is 10.2. The van der Waals surface area contributed by atoms with Gasteiger partial charge in [-0.15, -0.1) is 4.33 Å². The van der Waals surface area contributed by atoms with Gasteiger partial charge >= 0.3 is 0 Å². The van der Waals surface area contributed by atoms with Crippen LogP contribution in [-0.4, -0.2) is 21.3 Å². The Morgan fingerprint density at radius 2 is 1.83 bits per heavy atom. The first kappa shape index (κ1) is 11.9. The van der Waals surface area contributed by atoms with Crippen LogP contribution in [0.3, 0.4) is 0 Å². The van der Waals surface area contributed by atoms with Gasteiger partial charge in [0, 0.05) is 0 Å². The van der Waals surface area contributed by atoms with E-state index in [0.717, 1.165) is 19.3 Å². The summed E-state index contributed by atoms with van der Waals surface area (Å²) in [5, 5.41) is 0. The molecule has 0 unspecified atom stereocenters. The highest BCUT2D eigenvalue weighted by atomic mass is 32.2. The molecule has 74 valence electrons. The molecule has 0 heterocycles. The molecule has 0 aliphatic carbocycles. The van der Waals surface area contributed by atoms with E-state index in [9.17, 15) is 8.42 Å². The van der Waals surface area contributed by atoms with Crippen molar-refractivity contribution in [2.24, 2.45) is 0 Å². The van der Waals surface area contributed by atoms with Crippen LogP contribution in [0.15, 0.2) is 0 Å². The summed E-state index contributed by atoms with van der Waals surface area (Å²) in [6, 6.07) is 0. The monoisotopic (exact) mass is 196 g/mol. The zero-order chi connectivity index (χ0) is 9.45. The van der Waals surface area contributed by atoms with E-state index in [4.69, 9.17) is 0 Å². The lowest BCUT2D eigenvalue weighted by Gasteiger charge is -2.00. The first-order valence-electron chi connectivity index (χ1n) is 4.07. The Bertz CT molecular complexity index is 186. The molecular formula is C7H16O4S. The molecule has 0 saturated carbocycles. The third-order valence-corrected chi connectivity index (χ3v) is 2.55. The van der Waals surface area contributed by atoms with Crippen LogP contribution in [0.4, 0.5) is 0 Å². The summed E-state index contributed by atoms with van der Waals surface area (Å²) in [6.45, 7) is 2.07. The van der Waals surface area contributed by atoms with Gasteiger partial charge in [0.25, 0.3) is 10.1 Å². The summed E-state index contributed by atoms with van der Waals surface area (Å²) in [4.78, 5) is 4.08. The van der Waals surface area contributed by atoms with Gasteiger partial charge in [-0.05, 0) is 6.42 Å². The molecule has 5 heteroatoms. The molecule has 0 aromatic carbocycles. The molecule has 0 radical (unpaired) electrons. The molecule has 0 aromatic rings. The maximum absolute atomic E-state index is 10.8. The van der Waals surface area contributed by atoms with Gasteiger partial charge in [0.15, 0.2) is 0 Å². The SMILES string of the molecule is CCCCCCS(=O)(=O)OOC. The van der Waals surface area contributed by atoms with Crippen molar-refractivity contribution >= 4 is 10.1 Å². The van der Waals surface area contributed by atoms with Crippen LogP contribution < -0.4 is 0 Å². The largest absolute Gasteiger partial charge is 0.293 e. The van der Waals surface area contributed by atoms with Gasteiger partial charge in [-0.1, -0.05) is 26.2 Å². The molecule has 0 aliphatic heterocycles. The zero-order valence-corrected chi connectivity index (χ0v) is 8.39.